The van der Waals surface area contributed by atoms with Crippen LogP contribution in [0.2, 0.25) is 0 Å². The van der Waals surface area contributed by atoms with Gasteiger partial charge in [-0.1, -0.05) is 48.5 Å². The lowest BCUT2D eigenvalue weighted by atomic mass is 10.2. The number of benzene rings is 2. The molecule has 2 aromatic carbocycles. The van der Waals surface area contributed by atoms with E-state index < -0.39 is 0 Å². The molecule has 1 aliphatic rings. The molecule has 0 N–H and O–H groups in total. The smallest absolute Gasteiger partial charge is 0.160 e. The van der Waals surface area contributed by atoms with Gasteiger partial charge in [0.15, 0.2) is 5.76 Å². The maximum Gasteiger partial charge on any atom is 0.160 e. The van der Waals surface area contributed by atoms with Gasteiger partial charge in [0, 0.05) is 18.9 Å². The zero-order valence-corrected chi connectivity index (χ0v) is 11.6. The van der Waals surface area contributed by atoms with Gasteiger partial charge >= 0.3 is 0 Å². The van der Waals surface area contributed by atoms with Crippen molar-refractivity contribution in [3.8, 4) is 0 Å². The summed E-state index contributed by atoms with van der Waals surface area (Å²) >= 11 is 0. The Balaban J connectivity index is 1.68. The van der Waals surface area contributed by atoms with Gasteiger partial charge in [0.25, 0.3) is 0 Å². The first-order valence-electron chi connectivity index (χ1n) is 6.84. The minimum absolute atomic E-state index is 0.720. The number of aliphatic imine (C=N–C) groups is 1. The van der Waals surface area contributed by atoms with Crippen LogP contribution in [0.3, 0.4) is 0 Å². The number of hydrogen-bond donors (Lipinski definition) is 0. The molecule has 3 rings (SSSR count). The molecule has 21 heavy (non-hydrogen) atoms. The van der Waals surface area contributed by atoms with Gasteiger partial charge in [-0.25, -0.2) is 0 Å². The van der Waals surface area contributed by atoms with Crippen LogP contribution in [-0.2, 0) is 11.3 Å². The molecular weight excluding hydrogens is 260 g/mol. The Kier molecular flexibility index (Phi) is 4.12. The van der Waals surface area contributed by atoms with Crippen molar-refractivity contribution in [2.45, 2.75) is 6.54 Å². The molecule has 2 aromatic rings. The summed E-state index contributed by atoms with van der Waals surface area (Å²) in [6, 6.07) is 20.1. The van der Waals surface area contributed by atoms with E-state index in [0.29, 0.717) is 0 Å². The molecule has 0 unspecified atom stereocenters. The van der Waals surface area contributed by atoms with Gasteiger partial charge in [0.1, 0.15) is 6.26 Å². The molecule has 0 saturated heterocycles. The van der Waals surface area contributed by atoms with E-state index in [1.165, 1.54) is 5.56 Å². The summed E-state index contributed by atoms with van der Waals surface area (Å²) < 4.78 is 5.46. The normalized spacial score (nSPS) is 14.1. The standard InChI is InChI=1S/C18H16N2O/c1-3-7-16(8-4-1)14-20-11-12-21-18(15-20)13-19-17-9-5-2-6-10-17/h1-13,15H,14H2. The lowest BCUT2D eigenvalue weighted by molar-refractivity contribution is 0.323. The summed E-state index contributed by atoms with van der Waals surface area (Å²) in [5.41, 5.74) is 2.16. The first-order valence-corrected chi connectivity index (χ1v) is 6.84. The molecule has 0 bridgehead atoms. The van der Waals surface area contributed by atoms with Crippen LogP contribution in [-0.4, -0.2) is 11.1 Å². The van der Waals surface area contributed by atoms with E-state index in [4.69, 9.17) is 4.74 Å². The van der Waals surface area contributed by atoms with Crippen LogP contribution in [0.4, 0.5) is 5.69 Å². The summed E-state index contributed by atoms with van der Waals surface area (Å²) in [5.74, 6) is 0.720. The van der Waals surface area contributed by atoms with Crippen molar-refractivity contribution in [2.24, 2.45) is 4.99 Å². The van der Waals surface area contributed by atoms with Gasteiger partial charge in [0.05, 0.1) is 11.9 Å². The molecule has 104 valence electrons. The zero-order chi connectivity index (χ0) is 14.3. The maximum atomic E-state index is 5.46. The van der Waals surface area contributed by atoms with Gasteiger partial charge < -0.3 is 9.64 Å². The van der Waals surface area contributed by atoms with E-state index in [1.54, 1.807) is 12.5 Å². The average molecular weight is 276 g/mol. The fourth-order valence-corrected chi connectivity index (χ4v) is 2.03. The predicted octanol–water partition coefficient (Wildman–Crippen LogP) is 4.23. The second kappa shape index (κ2) is 6.57. The topological polar surface area (TPSA) is 24.8 Å². The van der Waals surface area contributed by atoms with Crippen LogP contribution in [0.15, 0.2) is 90.1 Å². The van der Waals surface area contributed by atoms with Crippen LogP contribution < -0.4 is 0 Å². The van der Waals surface area contributed by atoms with Crippen LogP contribution in [0.25, 0.3) is 0 Å². The number of rotatable bonds is 4. The highest BCUT2D eigenvalue weighted by Gasteiger charge is 2.05. The monoisotopic (exact) mass is 276 g/mol. The van der Waals surface area contributed by atoms with Crippen molar-refractivity contribution in [3.05, 3.63) is 90.6 Å². The highest BCUT2D eigenvalue weighted by atomic mass is 16.5. The second-order valence-corrected chi connectivity index (χ2v) is 4.69. The molecule has 0 saturated carbocycles. The molecule has 1 heterocycles. The van der Waals surface area contributed by atoms with Gasteiger partial charge in [-0.15, -0.1) is 0 Å². The van der Waals surface area contributed by atoms with Gasteiger partial charge in [-0.05, 0) is 17.7 Å². The molecule has 0 amide bonds. The predicted molar refractivity (Wildman–Crippen MR) is 84.9 cm³/mol. The van der Waals surface area contributed by atoms with Gasteiger partial charge in [0.2, 0.25) is 0 Å². The van der Waals surface area contributed by atoms with Crippen molar-refractivity contribution in [2.75, 3.05) is 0 Å². The Morgan fingerprint density at radius 1 is 0.952 bits per heavy atom. The number of allylic oxidation sites excluding steroid dienone is 1. The molecule has 3 heteroatoms. The lowest BCUT2D eigenvalue weighted by Crippen LogP contribution is -2.14. The van der Waals surface area contributed by atoms with Crippen molar-refractivity contribution in [1.29, 1.82) is 0 Å². The second-order valence-electron chi connectivity index (χ2n) is 4.69. The number of ether oxygens (including phenoxy) is 1. The van der Waals surface area contributed by atoms with E-state index in [0.717, 1.165) is 18.0 Å². The highest BCUT2D eigenvalue weighted by molar-refractivity contribution is 5.78. The van der Waals surface area contributed by atoms with Gasteiger partial charge in [-0.2, -0.15) is 0 Å². The Morgan fingerprint density at radius 2 is 1.67 bits per heavy atom. The van der Waals surface area contributed by atoms with Crippen molar-refractivity contribution in [3.63, 3.8) is 0 Å². The Morgan fingerprint density at radius 3 is 2.43 bits per heavy atom. The minimum Gasteiger partial charge on any atom is -0.460 e. The van der Waals surface area contributed by atoms with E-state index in [-0.39, 0.29) is 0 Å². The first kappa shape index (κ1) is 13.2. The molecule has 0 fully saturated rings. The van der Waals surface area contributed by atoms with E-state index in [2.05, 4.69) is 22.0 Å². The summed E-state index contributed by atoms with van der Waals surface area (Å²) in [6.07, 6.45) is 7.26. The molecular formula is C18H16N2O. The Bertz CT molecular complexity index is 660. The fraction of sp³-hybridized carbons (Fsp3) is 0.0556. The van der Waals surface area contributed by atoms with Crippen LogP contribution in [0.1, 0.15) is 5.56 Å². The molecule has 3 nitrogen and oxygen atoms in total. The third-order valence-electron chi connectivity index (χ3n) is 3.05. The maximum absolute atomic E-state index is 5.46. The largest absolute Gasteiger partial charge is 0.460 e. The van der Waals surface area contributed by atoms with E-state index in [9.17, 15) is 0 Å². The van der Waals surface area contributed by atoms with Crippen LogP contribution in [0.5, 0.6) is 0 Å². The molecule has 0 spiro atoms. The third kappa shape index (κ3) is 3.83. The number of para-hydroxylation sites is 1. The summed E-state index contributed by atoms with van der Waals surface area (Å²) in [7, 11) is 0. The Hall–Kier alpha value is -2.81. The molecule has 0 atom stereocenters. The van der Waals surface area contributed by atoms with Crippen LogP contribution in [0, 0.1) is 0 Å². The van der Waals surface area contributed by atoms with Gasteiger partial charge in [-0.3, -0.25) is 4.99 Å². The number of nitrogens with zero attached hydrogens (tertiary/aromatic N) is 2. The molecule has 0 aliphatic carbocycles. The SMILES string of the molecule is C1=CN(Cc2ccccc2)C=C(C=Nc2ccccc2)O1. The summed E-state index contributed by atoms with van der Waals surface area (Å²) in [6.45, 7) is 0.809. The summed E-state index contributed by atoms with van der Waals surface area (Å²) in [4.78, 5) is 6.47. The van der Waals surface area contributed by atoms with Crippen molar-refractivity contribution >= 4 is 11.9 Å². The molecule has 0 aromatic heterocycles. The fourth-order valence-electron chi connectivity index (χ4n) is 2.03. The van der Waals surface area contributed by atoms with Crippen molar-refractivity contribution in [1.82, 2.24) is 4.90 Å². The quantitative estimate of drug-likeness (QED) is 0.780. The zero-order valence-electron chi connectivity index (χ0n) is 11.6. The van der Waals surface area contributed by atoms with Crippen molar-refractivity contribution < 1.29 is 4.74 Å². The van der Waals surface area contributed by atoms with E-state index >= 15 is 0 Å². The average Bonchev–Trinajstić information content (AvgIpc) is 2.55. The molecule has 0 radical (unpaired) electrons. The van der Waals surface area contributed by atoms with E-state index in [1.807, 2.05) is 60.9 Å². The number of hydrogen-bond acceptors (Lipinski definition) is 3. The lowest BCUT2D eigenvalue weighted by Gasteiger charge is -2.20. The first-order chi connectivity index (χ1) is 10.4. The summed E-state index contributed by atoms with van der Waals surface area (Å²) in [5, 5.41) is 0. The third-order valence-corrected chi connectivity index (χ3v) is 3.05. The van der Waals surface area contributed by atoms with Crippen LogP contribution >= 0.6 is 0 Å². The highest BCUT2D eigenvalue weighted by Crippen LogP contribution is 2.14. The molecule has 1 aliphatic heterocycles. The minimum atomic E-state index is 0.720. The Labute approximate surface area is 124 Å².